The first-order chi connectivity index (χ1) is 14.9. The second-order valence-corrected chi connectivity index (χ2v) is 9.18. The number of ether oxygens (including phenoxy) is 1. The summed E-state index contributed by atoms with van der Waals surface area (Å²) in [7, 11) is -3.53. The van der Waals surface area contributed by atoms with Crippen LogP contribution in [-0.4, -0.2) is 37.6 Å². The SMILES string of the molecule is O=C(Oc1ccc(C(=O)c2ccccc2)cc1)c1ccc(S(=O)(=O)N2CCCC2)cc1. The van der Waals surface area contributed by atoms with Crippen LogP contribution in [0.2, 0.25) is 0 Å². The monoisotopic (exact) mass is 435 g/mol. The van der Waals surface area contributed by atoms with Crippen LogP contribution in [0.15, 0.2) is 83.8 Å². The van der Waals surface area contributed by atoms with E-state index >= 15 is 0 Å². The van der Waals surface area contributed by atoms with E-state index in [1.54, 1.807) is 48.5 Å². The molecule has 158 valence electrons. The molecule has 1 heterocycles. The molecular weight excluding hydrogens is 414 g/mol. The maximum atomic E-state index is 12.6. The van der Waals surface area contributed by atoms with Crippen LogP contribution < -0.4 is 4.74 Å². The zero-order valence-corrected chi connectivity index (χ0v) is 17.5. The molecule has 0 unspecified atom stereocenters. The van der Waals surface area contributed by atoms with E-state index in [2.05, 4.69) is 0 Å². The second-order valence-electron chi connectivity index (χ2n) is 7.24. The first kappa shape index (κ1) is 21.0. The van der Waals surface area contributed by atoms with Gasteiger partial charge in [-0.25, -0.2) is 13.2 Å². The summed E-state index contributed by atoms with van der Waals surface area (Å²) in [5.74, 6) is -0.427. The Morgan fingerprint density at radius 2 is 1.26 bits per heavy atom. The number of benzene rings is 3. The molecule has 1 fully saturated rings. The third-order valence-corrected chi connectivity index (χ3v) is 7.07. The van der Waals surface area contributed by atoms with E-state index in [9.17, 15) is 18.0 Å². The summed E-state index contributed by atoms with van der Waals surface area (Å²) < 4.78 is 32.0. The summed E-state index contributed by atoms with van der Waals surface area (Å²) in [6, 6.07) is 21.0. The van der Waals surface area contributed by atoms with Crippen molar-refractivity contribution in [1.82, 2.24) is 4.31 Å². The Hall–Kier alpha value is -3.29. The Morgan fingerprint density at radius 1 is 0.710 bits per heavy atom. The van der Waals surface area contributed by atoms with Crippen molar-refractivity contribution in [3.8, 4) is 5.75 Å². The van der Waals surface area contributed by atoms with Crippen molar-refractivity contribution in [3.63, 3.8) is 0 Å². The highest BCUT2D eigenvalue weighted by Gasteiger charge is 2.27. The van der Waals surface area contributed by atoms with Gasteiger partial charge in [-0.1, -0.05) is 30.3 Å². The van der Waals surface area contributed by atoms with E-state index in [0.29, 0.717) is 30.0 Å². The lowest BCUT2D eigenvalue weighted by molar-refractivity contribution is 0.0734. The number of carbonyl (C=O) groups is 2. The van der Waals surface area contributed by atoms with Crippen molar-refractivity contribution >= 4 is 21.8 Å². The van der Waals surface area contributed by atoms with Crippen molar-refractivity contribution in [3.05, 3.63) is 95.6 Å². The average Bonchev–Trinajstić information content (AvgIpc) is 3.36. The number of rotatable bonds is 6. The molecule has 0 saturated carbocycles. The predicted octanol–water partition coefficient (Wildman–Crippen LogP) is 3.92. The number of hydrogen-bond donors (Lipinski definition) is 0. The molecule has 6 nitrogen and oxygen atoms in total. The molecule has 0 radical (unpaired) electrons. The fourth-order valence-electron chi connectivity index (χ4n) is 3.44. The average molecular weight is 436 g/mol. The minimum absolute atomic E-state index is 0.117. The normalized spacial score (nSPS) is 14.3. The van der Waals surface area contributed by atoms with Crippen molar-refractivity contribution in [2.75, 3.05) is 13.1 Å². The van der Waals surface area contributed by atoms with Gasteiger partial charge >= 0.3 is 5.97 Å². The van der Waals surface area contributed by atoms with Gasteiger partial charge in [0.05, 0.1) is 10.5 Å². The molecule has 0 spiro atoms. The van der Waals surface area contributed by atoms with Crippen LogP contribution in [0.4, 0.5) is 0 Å². The molecule has 0 aliphatic carbocycles. The van der Waals surface area contributed by atoms with E-state index in [0.717, 1.165) is 12.8 Å². The first-order valence-corrected chi connectivity index (χ1v) is 11.4. The Balaban J connectivity index is 1.43. The summed E-state index contributed by atoms with van der Waals surface area (Å²) in [6.07, 6.45) is 1.72. The minimum atomic E-state index is -3.53. The van der Waals surface area contributed by atoms with Crippen LogP contribution in [0.3, 0.4) is 0 Å². The molecule has 31 heavy (non-hydrogen) atoms. The Morgan fingerprint density at radius 3 is 1.87 bits per heavy atom. The lowest BCUT2D eigenvalue weighted by Gasteiger charge is -2.15. The highest BCUT2D eigenvalue weighted by atomic mass is 32.2. The molecule has 0 atom stereocenters. The second kappa shape index (κ2) is 8.83. The Labute approximate surface area is 181 Å². The highest BCUT2D eigenvalue weighted by Crippen LogP contribution is 2.22. The molecule has 1 aliphatic heterocycles. The van der Waals surface area contributed by atoms with Crippen LogP contribution in [0.5, 0.6) is 5.75 Å². The molecule has 4 rings (SSSR count). The lowest BCUT2D eigenvalue weighted by Crippen LogP contribution is -2.27. The molecule has 1 saturated heterocycles. The standard InChI is InChI=1S/C24H21NO5S/c26-23(18-6-2-1-3-7-18)19-8-12-21(13-9-19)30-24(27)20-10-14-22(15-11-20)31(28,29)25-16-4-5-17-25/h1-3,6-15H,4-5,16-17H2. The van der Waals surface area contributed by atoms with Gasteiger partial charge in [0.1, 0.15) is 5.75 Å². The zero-order valence-electron chi connectivity index (χ0n) is 16.7. The number of esters is 1. The maximum Gasteiger partial charge on any atom is 0.343 e. The van der Waals surface area contributed by atoms with Crippen LogP contribution in [0.1, 0.15) is 39.1 Å². The molecule has 3 aromatic carbocycles. The van der Waals surface area contributed by atoms with Gasteiger partial charge in [0.15, 0.2) is 5.78 Å². The largest absolute Gasteiger partial charge is 0.423 e. The quantitative estimate of drug-likeness (QED) is 0.333. The van der Waals surface area contributed by atoms with Gasteiger partial charge < -0.3 is 4.74 Å². The smallest absolute Gasteiger partial charge is 0.343 e. The van der Waals surface area contributed by atoms with Gasteiger partial charge in [-0.05, 0) is 61.4 Å². The van der Waals surface area contributed by atoms with Gasteiger partial charge in [0, 0.05) is 24.2 Å². The number of hydrogen-bond acceptors (Lipinski definition) is 5. The molecule has 0 bridgehead atoms. The first-order valence-electron chi connectivity index (χ1n) is 9.97. The van der Waals surface area contributed by atoms with Crippen molar-refractivity contribution in [1.29, 1.82) is 0 Å². The molecule has 1 aliphatic rings. The molecular formula is C24H21NO5S. The number of ketones is 1. The van der Waals surface area contributed by atoms with Crippen LogP contribution in [0.25, 0.3) is 0 Å². The van der Waals surface area contributed by atoms with E-state index < -0.39 is 16.0 Å². The number of sulfonamides is 1. The van der Waals surface area contributed by atoms with Gasteiger partial charge in [0.25, 0.3) is 0 Å². The molecule has 7 heteroatoms. The van der Waals surface area contributed by atoms with Gasteiger partial charge in [-0.2, -0.15) is 4.31 Å². The Bertz CT molecular complexity index is 1180. The lowest BCUT2D eigenvalue weighted by atomic mass is 10.0. The maximum absolute atomic E-state index is 12.6. The summed E-state index contributed by atoms with van der Waals surface area (Å²) >= 11 is 0. The highest BCUT2D eigenvalue weighted by molar-refractivity contribution is 7.89. The van der Waals surface area contributed by atoms with Crippen LogP contribution in [0, 0.1) is 0 Å². The summed E-state index contributed by atoms with van der Waals surface area (Å²) in [6.45, 7) is 1.05. The van der Waals surface area contributed by atoms with Gasteiger partial charge in [-0.3, -0.25) is 4.79 Å². The summed E-state index contributed by atoms with van der Waals surface area (Å²) in [4.78, 5) is 25.0. The van der Waals surface area contributed by atoms with Crippen molar-refractivity contribution in [2.45, 2.75) is 17.7 Å². The third kappa shape index (κ3) is 4.57. The summed E-state index contributed by atoms with van der Waals surface area (Å²) in [5, 5.41) is 0. The van der Waals surface area contributed by atoms with Crippen LogP contribution >= 0.6 is 0 Å². The predicted molar refractivity (Wildman–Crippen MR) is 116 cm³/mol. The van der Waals surface area contributed by atoms with Crippen molar-refractivity contribution in [2.24, 2.45) is 0 Å². The van der Waals surface area contributed by atoms with E-state index in [4.69, 9.17) is 4.74 Å². The molecule has 0 aromatic heterocycles. The molecule has 3 aromatic rings. The van der Waals surface area contributed by atoms with E-state index in [1.807, 2.05) is 6.07 Å². The third-order valence-electron chi connectivity index (χ3n) is 5.16. The number of nitrogens with zero attached hydrogens (tertiary/aromatic N) is 1. The summed E-state index contributed by atoms with van der Waals surface area (Å²) in [5.41, 5.74) is 1.31. The zero-order chi connectivity index (χ0) is 21.8. The van der Waals surface area contributed by atoms with Gasteiger partial charge in [-0.15, -0.1) is 0 Å². The van der Waals surface area contributed by atoms with E-state index in [1.165, 1.54) is 28.6 Å². The number of carbonyl (C=O) groups excluding carboxylic acids is 2. The fourth-order valence-corrected chi connectivity index (χ4v) is 4.95. The van der Waals surface area contributed by atoms with Crippen molar-refractivity contribution < 1.29 is 22.7 Å². The Kier molecular flexibility index (Phi) is 5.97. The van der Waals surface area contributed by atoms with Crippen LogP contribution in [-0.2, 0) is 10.0 Å². The topological polar surface area (TPSA) is 80.8 Å². The van der Waals surface area contributed by atoms with E-state index in [-0.39, 0.29) is 16.2 Å². The molecule has 0 N–H and O–H groups in total. The fraction of sp³-hybridized carbons (Fsp3) is 0.167. The molecule has 0 amide bonds. The van der Waals surface area contributed by atoms with Gasteiger partial charge in [0.2, 0.25) is 10.0 Å². The minimum Gasteiger partial charge on any atom is -0.423 e.